The fourth-order valence-electron chi connectivity index (χ4n) is 6.70. The Morgan fingerprint density at radius 1 is 0.375 bits per heavy atom. The van der Waals surface area contributed by atoms with Gasteiger partial charge in [0.05, 0.1) is 0 Å². The summed E-state index contributed by atoms with van der Waals surface area (Å²) >= 11 is 0. The molecule has 1 aliphatic rings. The van der Waals surface area contributed by atoms with Crippen molar-refractivity contribution in [2.24, 2.45) is 5.92 Å². The molecule has 0 N–H and O–H groups in total. The van der Waals surface area contributed by atoms with E-state index in [0.717, 1.165) is 0 Å². The molecule has 2 heteroatoms. The quantitative estimate of drug-likeness (QED) is 0.0778. The smallest absolute Gasteiger partial charge is 0.103 e. The molecule has 0 fully saturated rings. The van der Waals surface area contributed by atoms with Gasteiger partial charge in [-0.2, -0.15) is 0 Å². The van der Waals surface area contributed by atoms with E-state index in [1.165, 1.54) is 193 Å². The van der Waals surface area contributed by atoms with E-state index in [0.29, 0.717) is 12.1 Å². The summed E-state index contributed by atoms with van der Waals surface area (Å²) in [5.41, 5.74) is 0. The van der Waals surface area contributed by atoms with Crippen LogP contribution in [0.3, 0.4) is 0 Å². The highest BCUT2D eigenvalue weighted by atomic mass is 15.4. The third kappa shape index (κ3) is 21.1. The summed E-state index contributed by atoms with van der Waals surface area (Å²) in [6.07, 6.45) is 45.8. The average molecular weight is 561 g/mol. The van der Waals surface area contributed by atoms with Gasteiger partial charge in [-0.1, -0.05) is 195 Å². The molecule has 2 nitrogen and oxygen atoms in total. The van der Waals surface area contributed by atoms with Gasteiger partial charge in [0.1, 0.15) is 6.17 Å². The van der Waals surface area contributed by atoms with Gasteiger partial charge in [0.15, 0.2) is 0 Å². The Bertz CT molecular complexity index is 528. The molecule has 0 radical (unpaired) electrons. The van der Waals surface area contributed by atoms with Gasteiger partial charge < -0.3 is 9.80 Å². The van der Waals surface area contributed by atoms with E-state index in [9.17, 15) is 0 Å². The van der Waals surface area contributed by atoms with E-state index < -0.39 is 0 Å². The highest BCUT2D eigenvalue weighted by Crippen LogP contribution is 2.24. The molecule has 1 rings (SSSR count). The second-order valence-electron chi connectivity index (χ2n) is 13.6. The zero-order valence-electron chi connectivity index (χ0n) is 28.4. The largest absolute Gasteiger partial charge is 0.356 e. The van der Waals surface area contributed by atoms with Crippen molar-refractivity contribution in [3.63, 3.8) is 0 Å². The molecule has 0 aromatic heterocycles. The van der Waals surface area contributed by atoms with Crippen LogP contribution in [0.15, 0.2) is 12.4 Å². The molecule has 0 aromatic rings. The highest BCUT2D eigenvalue weighted by molar-refractivity contribution is 4.98. The molecular formula is C38H76N2. The first-order valence-electron chi connectivity index (χ1n) is 18.9. The molecule has 0 saturated carbocycles. The minimum Gasteiger partial charge on any atom is -0.356 e. The minimum absolute atomic E-state index is 0.587. The van der Waals surface area contributed by atoms with Gasteiger partial charge in [-0.05, 0) is 18.8 Å². The maximum atomic E-state index is 2.65. The maximum Gasteiger partial charge on any atom is 0.103 e. The molecule has 1 atom stereocenters. The summed E-state index contributed by atoms with van der Waals surface area (Å²) in [5, 5.41) is 0. The van der Waals surface area contributed by atoms with Gasteiger partial charge >= 0.3 is 0 Å². The Kier molecular flexibility index (Phi) is 26.6. The van der Waals surface area contributed by atoms with Gasteiger partial charge in [-0.15, -0.1) is 0 Å². The van der Waals surface area contributed by atoms with Crippen LogP contribution in [0.5, 0.6) is 0 Å². The second kappa shape index (κ2) is 28.5. The zero-order chi connectivity index (χ0) is 28.9. The van der Waals surface area contributed by atoms with Crippen molar-refractivity contribution in [2.75, 3.05) is 13.1 Å². The summed E-state index contributed by atoms with van der Waals surface area (Å²) < 4.78 is 0. The van der Waals surface area contributed by atoms with Crippen molar-refractivity contribution in [1.29, 1.82) is 0 Å². The van der Waals surface area contributed by atoms with Crippen LogP contribution in [0.25, 0.3) is 0 Å². The SMILES string of the molecule is CCCCCCCCCCCCCCCCCN1C=CN(CCCCCCCCCCCCCCC)C1C(C)C. The van der Waals surface area contributed by atoms with Crippen LogP contribution in [0.4, 0.5) is 0 Å². The van der Waals surface area contributed by atoms with Gasteiger partial charge in [0.2, 0.25) is 0 Å². The Labute approximate surface area is 254 Å². The van der Waals surface area contributed by atoms with Crippen molar-refractivity contribution < 1.29 is 0 Å². The Morgan fingerprint density at radius 3 is 0.825 bits per heavy atom. The summed E-state index contributed by atoms with van der Waals surface area (Å²) in [4.78, 5) is 5.30. The minimum atomic E-state index is 0.587. The summed E-state index contributed by atoms with van der Waals surface area (Å²) in [6, 6.07) is 0. The first kappa shape index (κ1) is 37.4. The van der Waals surface area contributed by atoms with Gasteiger partial charge in [0, 0.05) is 25.5 Å². The van der Waals surface area contributed by atoms with Crippen molar-refractivity contribution in [3.8, 4) is 0 Å². The molecule has 0 bridgehead atoms. The molecular weight excluding hydrogens is 484 g/mol. The van der Waals surface area contributed by atoms with Gasteiger partial charge in [0.25, 0.3) is 0 Å². The third-order valence-electron chi connectivity index (χ3n) is 9.27. The van der Waals surface area contributed by atoms with Crippen molar-refractivity contribution in [2.45, 2.75) is 214 Å². The number of rotatable bonds is 31. The van der Waals surface area contributed by atoms with Crippen molar-refractivity contribution in [1.82, 2.24) is 9.80 Å². The number of nitrogens with zero attached hydrogens (tertiary/aromatic N) is 2. The van der Waals surface area contributed by atoms with Crippen molar-refractivity contribution in [3.05, 3.63) is 12.4 Å². The summed E-state index contributed by atoms with van der Waals surface area (Å²) in [7, 11) is 0. The molecule has 238 valence electrons. The standard InChI is InChI=1S/C38H76N2/c1-5-7-9-11-13-15-17-19-20-22-24-26-28-30-32-34-40-36-35-39(38(40)37(3)4)33-31-29-27-25-23-21-18-16-14-12-10-8-6-2/h35-38H,5-34H2,1-4H3. The van der Waals surface area contributed by atoms with Crippen LogP contribution in [-0.4, -0.2) is 29.1 Å². The third-order valence-corrected chi connectivity index (χ3v) is 9.27. The van der Waals surface area contributed by atoms with Crippen LogP contribution in [0.2, 0.25) is 0 Å². The van der Waals surface area contributed by atoms with Crippen LogP contribution in [0, 0.1) is 5.92 Å². The average Bonchev–Trinajstić information content (AvgIpc) is 3.36. The van der Waals surface area contributed by atoms with Crippen molar-refractivity contribution >= 4 is 0 Å². The Balaban J connectivity index is 1.95. The van der Waals surface area contributed by atoms with Gasteiger partial charge in [-0.25, -0.2) is 0 Å². The molecule has 40 heavy (non-hydrogen) atoms. The van der Waals surface area contributed by atoms with E-state index in [4.69, 9.17) is 0 Å². The lowest BCUT2D eigenvalue weighted by atomic mass is 10.0. The Morgan fingerprint density at radius 2 is 0.600 bits per heavy atom. The van der Waals surface area contributed by atoms with E-state index in [-0.39, 0.29) is 0 Å². The number of hydrogen-bond acceptors (Lipinski definition) is 2. The lowest BCUT2D eigenvalue weighted by Crippen LogP contribution is -2.43. The molecule has 1 aliphatic heterocycles. The fraction of sp³-hybridized carbons (Fsp3) is 0.947. The lowest BCUT2D eigenvalue weighted by molar-refractivity contribution is 0.104. The normalized spacial score (nSPS) is 15.3. The second-order valence-corrected chi connectivity index (χ2v) is 13.6. The number of hydrogen-bond donors (Lipinski definition) is 0. The predicted octanol–water partition coefficient (Wildman–Crippen LogP) is 13.0. The fourth-order valence-corrected chi connectivity index (χ4v) is 6.70. The molecule has 0 aliphatic carbocycles. The van der Waals surface area contributed by atoms with E-state index in [2.05, 4.69) is 49.9 Å². The first-order valence-corrected chi connectivity index (χ1v) is 18.9. The molecule has 0 aromatic carbocycles. The molecule has 0 saturated heterocycles. The molecule has 0 spiro atoms. The van der Waals surface area contributed by atoms with E-state index in [1.807, 2.05) is 0 Å². The zero-order valence-corrected chi connectivity index (χ0v) is 28.4. The first-order chi connectivity index (χ1) is 19.7. The highest BCUT2D eigenvalue weighted by Gasteiger charge is 2.28. The summed E-state index contributed by atoms with van der Waals surface area (Å²) in [5.74, 6) is 0.688. The number of unbranched alkanes of at least 4 members (excludes halogenated alkanes) is 26. The predicted molar refractivity (Wildman–Crippen MR) is 182 cm³/mol. The monoisotopic (exact) mass is 561 g/mol. The van der Waals surface area contributed by atoms with Crippen LogP contribution < -0.4 is 0 Å². The van der Waals surface area contributed by atoms with E-state index in [1.54, 1.807) is 0 Å². The summed E-state index contributed by atoms with van der Waals surface area (Å²) in [6.45, 7) is 11.9. The van der Waals surface area contributed by atoms with Crippen LogP contribution >= 0.6 is 0 Å². The van der Waals surface area contributed by atoms with Crippen LogP contribution in [0.1, 0.15) is 207 Å². The topological polar surface area (TPSA) is 6.48 Å². The lowest BCUT2D eigenvalue weighted by Gasteiger charge is -2.36. The molecule has 0 amide bonds. The maximum absolute atomic E-state index is 2.65. The molecule has 1 unspecified atom stereocenters. The van der Waals surface area contributed by atoms with E-state index >= 15 is 0 Å². The molecule has 1 heterocycles. The van der Waals surface area contributed by atoms with Crippen LogP contribution in [-0.2, 0) is 0 Å². The Hall–Kier alpha value is -0.660. The van der Waals surface area contributed by atoms with Gasteiger partial charge in [-0.3, -0.25) is 0 Å².